The van der Waals surface area contributed by atoms with Crippen molar-refractivity contribution >= 4 is 5.69 Å². The van der Waals surface area contributed by atoms with Gasteiger partial charge in [0.25, 0.3) is 0 Å². The van der Waals surface area contributed by atoms with E-state index in [-0.39, 0.29) is 13.2 Å². The molecule has 0 unspecified atom stereocenters. The molecule has 0 saturated carbocycles. The quantitative estimate of drug-likeness (QED) is 0.771. The summed E-state index contributed by atoms with van der Waals surface area (Å²) in [5.74, 6) is 0. The summed E-state index contributed by atoms with van der Waals surface area (Å²) in [6, 6.07) is 13.9. The first-order valence-corrected chi connectivity index (χ1v) is 6.36. The second-order valence-corrected chi connectivity index (χ2v) is 4.58. The number of benzene rings is 2. The van der Waals surface area contributed by atoms with E-state index < -0.39 is 0 Å². The summed E-state index contributed by atoms with van der Waals surface area (Å²) < 4.78 is 0. The molecule has 0 spiro atoms. The van der Waals surface area contributed by atoms with Crippen molar-refractivity contribution in [1.82, 2.24) is 0 Å². The van der Waals surface area contributed by atoms with Gasteiger partial charge in [0, 0.05) is 12.2 Å². The minimum atomic E-state index is -0.0597. The van der Waals surface area contributed by atoms with Crippen LogP contribution in [0.1, 0.15) is 22.3 Å². The Labute approximate surface area is 113 Å². The van der Waals surface area contributed by atoms with Gasteiger partial charge in [-0.2, -0.15) is 0 Å². The first-order valence-electron chi connectivity index (χ1n) is 6.36. The van der Waals surface area contributed by atoms with Gasteiger partial charge in [-0.15, -0.1) is 0 Å². The lowest BCUT2D eigenvalue weighted by Gasteiger charge is -2.11. The third-order valence-electron chi connectivity index (χ3n) is 3.29. The van der Waals surface area contributed by atoms with Gasteiger partial charge < -0.3 is 15.5 Å². The van der Waals surface area contributed by atoms with Crippen LogP contribution in [0.2, 0.25) is 0 Å². The molecule has 3 N–H and O–H groups in total. The largest absolute Gasteiger partial charge is 0.392 e. The summed E-state index contributed by atoms with van der Waals surface area (Å²) in [5, 5.41) is 21.8. The second-order valence-electron chi connectivity index (χ2n) is 4.58. The van der Waals surface area contributed by atoms with Crippen molar-refractivity contribution in [3.05, 3.63) is 64.7 Å². The zero-order valence-electron chi connectivity index (χ0n) is 11.1. The molecule has 0 saturated heterocycles. The molecule has 0 aliphatic carbocycles. The molecule has 0 radical (unpaired) electrons. The SMILES string of the molecule is Cc1ccccc1CNc1ccc(CO)c(CO)c1. The van der Waals surface area contributed by atoms with Crippen LogP contribution in [0.15, 0.2) is 42.5 Å². The highest BCUT2D eigenvalue weighted by atomic mass is 16.3. The fraction of sp³-hybridized carbons (Fsp3) is 0.250. The van der Waals surface area contributed by atoms with Crippen molar-refractivity contribution in [2.24, 2.45) is 0 Å². The molecule has 2 aromatic carbocycles. The molecule has 0 amide bonds. The van der Waals surface area contributed by atoms with Gasteiger partial charge in [0.2, 0.25) is 0 Å². The predicted octanol–water partition coefficient (Wildman–Crippen LogP) is 2.59. The highest BCUT2D eigenvalue weighted by Gasteiger charge is 2.03. The molecule has 0 bridgehead atoms. The van der Waals surface area contributed by atoms with Crippen LogP contribution in [-0.4, -0.2) is 10.2 Å². The monoisotopic (exact) mass is 257 g/mol. The molecule has 3 heteroatoms. The smallest absolute Gasteiger partial charge is 0.0686 e. The number of nitrogens with one attached hydrogen (secondary N) is 1. The highest BCUT2D eigenvalue weighted by molar-refractivity contribution is 5.49. The predicted molar refractivity (Wildman–Crippen MR) is 76.8 cm³/mol. The van der Waals surface area contributed by atoms with Crippen LogP contribution < -0.4 is 5.32 Å². The third-order valence-corrected chi connectivity index (χ3v) is 3.29. The summed E-state index contributed by atoms with van der Waals surface area (Å²) in [7, 11) is 0. The van der Waals surface area contributed by atoms with Gasteiger partial charge >= 0.3 is 0 Å². The zero-order valence-corrected chi connectivity index (χ0v) is 11.1. The van der Waals surface area contributed by atoms with Crippen LogP contribution in [-0.2, 0) is 19.8 Å². The number of rotatable bonds is 5. The lowest BCUT2D eigenvalue weighted by molar-refractivity contribution is 0.260. The third kappa shape index (κ3) is 3.34. The minimum Gasteiger partial charge on any atom is -0.392 e. The summed E-state index contributed by atoms with van der Waals surface area (Å²) in [5.41, 5.74) is 4.98. The highest BCUT2D eigenvalue weighted by Crippen LogP contribution is 2.17. The molecular weight excluding hydrogens is 238 g/mol. The maximum atomic E-state index is 9.26. The van der Waals surface area contributed by atoms with Gasteiger partial charge in [0.1, 0.15) is 0 Å². The number of aliphatic hydroxyl groups excluding tert-OH is 2. The molecule has 0 aliphatic heterocycles. The Hall–Kier alpha value is -1.84. The Bertz CT molecular complexity index is 552. The standard InChI is InChI=1S/C16H19NO2/c1-12-4-2-3-5-13(12)9-17-16-7-6-14(10-18)15(8-16)11-19/h2-8,17-19H,9-11H2,1H3. The van der Waals surface area contributed by atoms with E-state index in [1.807, 2.05) is 30.3 Å². The Balaban J connectivity index is 2.10. The molecule has 0 aromatic heterocycles. The Morgan fingerprint density at radius 3 is 2.32 bits per heavy atom. The van der Waals surface area contributed by atoms with Gasteiger partial charge in [-0.1, -0.05) is 30.3 Å². The second kappa shape index (κ2) is 6.36. The first-order chi connectivity index (χ1) is 9.24. The van der Waals surface area contributed by atoms with Crippen molar-refractivity contribution in [2.75, 3.05) is 5.32 Å². The summed E-state index contributed by atoms with van der Waals surface area (Å²) in [6.45, 7) is 2.73. The van der Waals surface area contributed by atoms with Gasteiger partial charge in [0.05, 0.1) is 13.2 Å². The van der Waals surface area contributed by atoms with E-state index in [1.165, 1.54) is 11.1 Å². The Morgan fingerprint density at radius 2 is 1.63 bits per heavy atom. The lowest BCUT2D eigenvalue weighted by atomic mass is 10.1. The van der Waals surface area contributed by atoms with E-state index in [2.05, 4.69) is 24.4 Å². The van der Waals surface area contributed by atoms with Crippen molar-refractivity contribution in [3.8, 4) is 0 Å². The molecule has 0 heterocycles. The Kier molecular flexibility index (Phi) is 4.55. The molecule has 2 rings (SSSR count). The van der Waals surface area contributed by atoms with E-state index in [4.69, 9.17) is 5.11 Å². The lowest BCUT2D eigenvalue weighted by Crippen LogP contribution is -2.03. The van der Waals surface area contributed by atoms with Crippen LogP contribution in [0, 0.1) is 6.92 Å². The maximum absolute atomic E-state index is 9.26. The fourth-order valence-electron chi connectivity index (χ4n) is 2.04. The van der Waals surface area contributed by atoms with E-state index in [0.717, 1.165) is 23.4 Å². The number of anilines is 1. The molecular formula is C16H19NO2. The van der Waals surface area contributed by atoms with Gasteiger partial charge in [-0.3, -0.25) is 0 Å². The van der Waals surface area contributed by atoms with E-state index >= 15 is 0 Å². The van der Waals surface area contributed by atoms with Crippen LogP contribution in [0.5, 0.6) is 0 Å². The van der Waals surface area contributed by atoms with Gasteiger partial charge in [-0.05, 0) is 41.3 Å². The van der Waals surface area contributed by atoms with Crippen molar-refractivity contribution < 1.29 is 10.2 Å². The summed E-state index contributed by atoms with van der Waals surface area (Å²) in [4.78, 5) is 0. The van der Waals surface area contributed by atoms with Crippen LogP contribution >= 0.6 is 0 Å². The van der Waals surface area contributed by atoms with Crippen LogP contribution in [0.3, 0.4) is 0 Å². The first kappa shape index (κ1) is 13.6. The molecule has 19 heavy (non-hydrogen) atoms. The topological polar surface area (TPSA) is 52.5 Å². The van der Waals surface area contributed by atoms with Crippen molar-refractivity contribution in [1.29, 1.82) is 0 Å². The molecule has 2 aromatic rings. The average molecular weight is 257 g/mol. The number of aryl methyl sites for hydroxylation is 1. The van der Waals surface area contributed by atoms with Crippen LogP contribution in [0.25, 0.3) is 0 Å². The molecule has 0 fully saturated rings. The number of hydrogen-bond acceptors (Lipinski definition) is 3. The molecule has 0 atom stereocenters. The maximum Gasteiger partial charge on any atom is 0.0686 e. The van der Waals surface area contributed by atoms with Crippen LogP contribution in [0.4, 0.5) is 5.69 Å². The van der Waals surface area contributed by atoms with Gasteiger partial charge in [-0.25, -0.2) is 0 Å². The molecule has 3 nitrogen and oxygen atoms in total. The van der Waals surface area contributed by atoms with Crippen molar-refractivity contribution in [2.45, 2.75) is 26.7 Å². The zero-order chi connectivity index (χ0) is 13.7. The van der Waals surface area contributed by atoms with E-state index in [0.29, 0.717) is 0 Å². The number of hydrogen-bond donors (Lipinski definition) is 3. The number of aliphatic hydroxyl groups is 2. The molecule has 0 aliphatic rings. The Morgan fingerprint density at radius 1 is 0.895 bits per heavy atom. The van der Waals surface area contributed by atoms with Crippen molar-refractivity contribution in [3.63, 3.8) is 0 Å². The minimum absolute atomic E-state index is 0.0477. The summed E-state index contributed by atoms with van der Waals surface area (Å²) >= 11 is 0. The van der Waals surface area contributed by atoms with E-state index in [9.17, 15) is 5.11 Å². The normalized spacial score (nSPS) is 10.5. The summed E-state index contributed by atoms with van der Waals surface area (Å²) in [6.07, 6.45) is 0. The average Bonchev–Trinajstić information content (AvgIpc) is 2.46. The molecule has 100 valence electrons. The van der Waals surface area contributed by atoms with E-state index in [1.54, 1.807) is 0 Å². The van der Waals surface area contributed by atoms with Gasteiger partial charge in [0.15, 0.2) is 0 Å². The fourth-order valence-corrected chi connectivity index (χ4v) is 2.04.